The number of rotatable bonds is 0. The van der Waals surface area contributed by atoms with Crippen LogP contribution < -0.4 is 0 Å². The maximum atomic E-state index is 2.53. The molecular weight excluding hydrogens is 108 g/mol. The predicted molar refractivity (Wildman–Crippen MR) is 37.0 cm³/mol. The summed E-state index contributed by atoms with van der Waals surface area (Å²) in [6, 6.07) is 0. The number of hydrogen-bond donors (Lipinski definition) is 0. The van der Waals surface area contributed by atoms with E-state index < -0.39 is 0 Å². The topological polar surface area (TPSA) is 0 Å². The van der Waals surface area contributed by atoms with E-state index in [-0.39, 0.29) is 0 Å². The van der Waals surface area contributed by atoms with Crippen molar-refractivity contribution in [3.63, 3.8) is 0 Å². The Morgan fingerprint density at radius 1 is 1.00 bits per heavy atom. The Labute approximate surface area is 56.6 Å². The summed E-state index contributed by atoms with van der Waals surface area (Å²) in [6.45, 7) is 2.53. The SMILES string of the molecule is CC12C3C[C@H]1CC[C@@H]2C3. The molecule has 9 heavy (non-hydrogen) atoms. The molecular formula is C9H14. The standard InChI is InChI=1S/C9H14/c1-9-6-2-3-7(9)5-8(9)4-6/h6-8H,2-5H2,1H3/t6-,7-,8?,9?/m1/s1. The molecule has 0 unspecified atom stereocenters. The lowest BCUT2D eigenvalue weighted by molar-refractivity contribution is -0.142. The molecule has 0 N–H and O–H groups in total. The fourth-order valence-corrected chi connectivity index (χ4v) is 3.74. The highest BCUT2D eigenvalue weighted by molar-refractivity contribution is 5.15. The van der Waals surface area contributed by atoms with E-state index >= 15 is 0 Å². The summed E-state index contributed by atoms with van der Waals surface area (Å²) in [7, 11) is 0. The summed E-state index contributed by atoms with van der Waals surface area (Å²) in [5.41, 5.74) is 0.889. The van der Waals surface area contributed by atoms with Gasteiger partial charge < -0.3 is 0 Å². The van der Waals surface area contributed by atoms with Crippen molar-refractivity contribution in [3.05, 3.63) is 0 Å². The minimum Gasteiger partial charge on any atom is -0.0588 e. The van der Waals surface area contributed by atoms with E-state index in [9.17, 15) is 0 Å². The van der Waals surface area contributed by atoms with Gasteiger partial charge in [-0.3, -0.25) is 0 Å². The van der Waals surface area contributed by atoms with Crippen LogP contribution in [0.2, 0.25) is 0 Å². The smallest absolute Gasteiger partial charge is 0.0241 e. The van der Waals surface area contributed by atoms with Crippen molar-refractivity contribution < 1.29 is 0 Å². The Balaban J connectivity index is 2.03. The average molecular weight is 122 g/mol. The fraction of sp³-hybridized carbons (Fsp3) is 1.00. The van der Waals surface area contributed by atoms with Gasteiger partial charge in [0.1, 0.15) is 0 Å². The molecule has 2 atom stereocenters. The van der Waals surface area contributed by atoms with Gasteiger partial charge in [-0.15, -0.1) is 0 Å². The second-order valence-electron chi connectivity index (χ2n) is 4.51. The van der Waals surface area contributed by atoms with Crippen LogP contribution in [0.25, 0.3) is 0 Å². The Bertz CT molecular complexity index is 141. The highest BCUT2D eigenvalue weighted by Gasteiger charge is 2.65. The first kappa shape index (κ1) is 4.76. The van der Waals surface area contributed by atoms with Crippen molar-refractivity contribution in [2.24, 2.45) is 23.2 Å². The van der Waals surface area contributed by atoms with E-state index in [1.807, 2.05) is 0 Å². The maximum absolute atomic E-state index is 2.53. The van der Waals surface area contributed by atoms with E-state index in [0.717, 1.165) is 5.41 Å². The van der Waals surface area contributed by atoms with Gasteiger partial charge in [-0.2, -0.15) is 0 Å². The van der Waals surface area contributed by atoms with E-state index in [1.54, 1.807) is 25.7 Å². The summed E-state index contributed by atoms with van der Waals surface area (Å²) in [4.78, 5) is 0. The van der Waals surface area contributed by atoms with Gasteiger partial charge >= 0.3 is 0 Å². The van der Waals surface area contributed by atoms with Crippen LogP contribution >= 0.6 is 0 Å². The van der Waals surface area contributed by atoms with Gasteiger partial charge in [-0.25, -0.2) is 0 Å². The molecule has 0 nitrogen and oxygen atoms in total. The summed E-state index contributed by atoms with van der Waals surface area (Å²) in [5.74, 6) is 3.51. The zero-order chi connectivity index (χ0) is 6.06. The van der Waals surface area contributed by atoms with Crippen molar-refractivity contribution in [1.82, 2.24) is 0 Å². The lowest BCUT2D eigenvalue weighted by Gasteiger charge is -2.63. The monoisotopic (exact) mass is 122 g/mol. The molecule has 3 rings (SSSR count). The first-order chi connectivity index (χ1) is 4.32. The minimum absolute atomic E-state index is 0.889. The molecule has 3 aliphatic carbocycles. The second kappa shape index (κ2) is 1.09. The van der Waals surface area contributed by atoms with Gasteiger partial charge in [-0.05, 0) is 48.9 Å². The molecule has 0 bridgehead atoms. The van der Waals surface area contributed by atoms with Crippen LogP contribution in [0.1, 0.15) is 32.6 Å². The van der Waals surface area contributed by atoms with Gasteiger partial charge in [0.2, 0.25) is 0 Å². The predicted octanol–water partition coefficient (Wildman–Crippen LogP) is 2.44. The minimum atomic E-state index is 0.889. The van der Waals surface area contributed by atoms with Crippen molar-refractivity contribution in [2.75, 3.05) is 0 Å². The zero-order valence-electron chi connectivity index (χ0n) is 6.06. The Hall–Kier alpha value is 0. The number of hydrogen-bond acceptors (Lipinski definition) is 0. The van der Waals surface area contributed by atoms with Crippen LogP contribution in [-0.4, -0.2) is 0 Å². The van der Waals surface area contributed by atoms with Crippen LogP contribution in [0.4, 0.5) is 0 Å². The van der Waals surface area contributed by atoms with Gasteiger partial charge in [0.25, 0.3) is 0 Å². The molecule has 3 fully saturated rings. The second-order valence-corrected chi connectivity index (χ2v) is 4.51. The molecule has 0 aliphatic heterocycles. The van der Waals surface area contributed by atoms with Crippen molar-refractivity contribution in [1.29, 1.82) is 0 Å². The molecule has 50 valence electrons. The van der Waals surface area contributed by atoms with E-state index in [1.165, 1.54) is 17.8 Å². The van der Waals surface area contributed by atoms with Gasteiger partial charge in [-0.1, -0.05) is 6.92 Å². The third-order valence-corrected chi connectivity index (χ3v) is 4.64. The first-order valence-electron chi connectivity index (χ1n) is 4.32. The van der Waals surface area contributed by atoms with Crippen molar-refractivity contribution in [3.8, 4) is 0 Å². The molecule has 0 aromatic heterocycles. The lowest BCUT2D eigenvalue weighted by Crippen LogP contribution is -2.56. The maximum Gasteiger partial charge on any atom is -0.0241 e. The summed E-state index contributed by atoms with van der Waals surface area (Å²) in [5, 5.41) is 0. The molecule has 0 aromatic carbocycles. The molecule has 0 heterocycles. The molecule has 0 aromatic rings. The molecule has 0 spiro atoms. The third kappa shape index (κ3) is 0.300. The quantitative estimate of drug-likeness (QED) is 0.463. The zero-order valence-corrected chi connectivity index (χ0v) is 6.06. The van der Waals surface area contributed by atoms with Crippen LogP contribution in [0.15, 0.2) is 0 Å². The van der Waals surface area contributed by atoms with Gasteiger partial charge in [0.15, 0.2) is 0 Å². The normalized spacial score (nSPS) is 68.3. The summed E-state index contributed by atoms with van der Waals surface area (Å²) in [6.07, 6.45) is 6.31. The fourth-order valence-electron chi connectivity index (χ4n) is 3.74. The molecule has 0 radical (unpaired) electrons. The van der Waals surface area contributed by atoms with Crippen molar-refractivity contribution >= 4 is 0 Å². The van der Waals surface area contributed by atoms with Gasteiger partial charge in [0.05, 0.1) is 0 Å². The van der Waals surface area contributed by atoms with E-state index in [0.29, 0.717) is 0 Å². The van der Waals surface area contributed by atoms with E-state index in [4.69, 9.17) is 0 Å². The van der Waals surface area contributed by atoms with E-state index in [2.05, 4.69) is 6.92 Å². The summed E-state index contributed by atoms with van der Waals surface area (Å²) >= 11 is 0. The van der Waals surface area contributed by atoms with Crippen molar-refractivity contribution in [2.45, 2.75) is 32.6 Å². The Morgan fingerprint density at radius 3 is 1.89 bits per heavy atom. The molecule has 0 amide bonds. The molecule has 0 heteroatoms. The molecule has 3 aliphatic rings. The average Bonchev–Trinajstić information content (AvgIpc) is 2.20. The van der Waals surface area contributed by atoms with Crippen LogP contribution in [-0.2, 0) is 0 Å². The summed E-state index contributed by atoms with van der Waals surface area (Å²) < 4.78 is 0. The highest BCUT2D eigenvalue weighted by atomic mass is 14.7. The highest BCUT2D eigenvalue weighted by Crippen LogP contribution is 2.74. The Kier molecular flexibility index (Phi) is 0.574. The molecule has 0 saturated heterocycles. The molecule has 3 saturated carbocycles. The van der Waals surface area contributed by atoms with Crippen LogP contribution in [0.5, 0.6) is 0 Å². The third-order valence-electron chi connectivity index (χ3n) is 4.64. The largest absolute Gasteiger partial charge is 0.0588 e. The van der Waals surface area contributed by atoms with Crippen LogP contribution in [0, 0.1) is 23.2 Å². The van der Waals surface area contributed by atoms with Gasteiger partial charge in [0, 0.05) is 0 Å². The first-order valence-corrected chi connectivity index (χ1v) is 4.32. The lowest BCUT2D eigenvalue weighted by atomic mass is 9.42. The van der Waals surface area contributed by atoms with Crippen LogP contribution in [0.3, 0.4) is 0 Å². The Morgan fingerprint density at radius 2 is 1.56 bits per heavy atom.